The van der Waals surface area contributed by atoms with Gasteiger partial charge in [-0.1, -0.05) is 25.1 Å². The summed E-state index contributed by atoms with van der Waals surface area (Å²) in [6, 6.07) is 9.86. The Kier molecular flexibility index (Phi) is 5.30. The van der Waals surface area contributed by atoms with Crippen molar-refractivity contribution >= 4 is 5.91 Å². The minimum absolute atomic E-state index is 0.217. The first-order chi connectivity index (χ1) is 11.7. The molecular weight excluding hydrogens is 302 g/mol. The molecule has 5 heteroatoms. The quantitative estimate of drug-likeness (QED) is 0.847. The highest BCUT2D eigenvalue weighted by molar-refractivity contribution is 5.76. The summed E-state index contributed by atoms with van der Waals surface area (Å²) < 4.78 is 5.76. The summed E-state index contributed by atoms with van der Waals surface area (Å²) in [4.78, 5) is 21.3. The van der Waals surface area contributed by atoms with E-state index in [1.54, 1.807) is 0 Å². The second-order valence-corrected chi connectivity index (χ2v) is 6.20. The number of benzene rings is 1. The van der Waals surface area contributed by atoms with Crippen LogP contribution in [0, 0.1) is 6.92 Å². The molecule has 0 bridgehead atoms. The average molecular weight is 327 g/mol. The van der Waals surface area contributed by atoms with E-state index in [0.29, 0.717) is 18.7 Å². The van der Waals surface area contributed by atoms with E-state index in [1.165, 1.54) is 0 Å². The van der Waals surface area contributed by atoms with Crippen LogP contribution in [-0.2, 0) is 11.2 Å². The predicted octanol–water partition coefficient (Wildman–Crippen LogP) is 2.75. The first-order valence-corrected chi connectivity index (χ1v) is 8.69. The van der Waals surface area contributed by atoms with Crippen LogP contribution in [0.15, 0.2) is 34.7 Å². The van der Waals surface area contributed by atoms with Crippen LogP contribution >= 0.6 is 0 Å². The Morgan fingerprint density at radius 1 is 1.17 bits per heavy atom. The molecule has 5 nitrogen and oxygen atoms in total. The van der Waals surface area contributed by atoms with Gasteiger partial charge < -0.3 is 14.2 Å². The molecule has 0 saturated carbocycles. The molecule has 1 amide bonds. The summed E-state index contributed by atoms with van der Waals surface area (Å²) in [6.45, 7) is 8.75. The van der Waals surface area contributed by atoms with Crippen molar-refractivity contribution in [2.45, 2.75) is 26.7 Å². The fourth-order valence-electron chi connectivity index (χ4n) is 3.06. The minimum Gasteiger partial charge on any atom is -0.441 e. The smallest absolute Gasteiger partial charge is 0.226 e. The highest BCUT2D eigenvalue weighted by Gasteiger charge is 2.21. The zero-order valence-corrected chi connectivity index (χ0v) is 14.5. The maximum atomic E-state index is 12.4. The molecule has 0 radical (unpaired) electrons. The van der Waals surface area contributed by atoms with E-state index in [1.807, 2.05) is 42.2 Å². The van der Waals surface area contributed by atoms with Gasteiger partial charge in [-0.2, -0.15) is 0 Å². The standard InChI is InChI=1S/C19H25N3O2/c1-3-21-11-13-22(14-12-21)18(23)10-9-17-15(2)24-19(20-17)16-7-5-4-6-8-16/h4-8H,3,9-14H2,1-2H3. The lowest BCUT2D eigenvalue weighted by Gasteiger charge is -2.34. The van der Waals surface area contributed by atoms with Gasteiger partial charge in [-0.3, -0.25) is 4.79 Å². The van der Waals surface area contributed by atoms with E-state index < -0.39 is 0 Å². The zero-order chi connectivity index (χ0) is 16.9. The Morgan fingerprint density at radius 3 is 2.54 bits per heavy atom. The maximum Gasteiger partial charge on any atom is 0.226 e. The SMILES string of the molecule is CCN1CCN(C(=O)CCc2nc(-c3ccccc3)oc2C)CC1. The fourth-order valence-corrected chi connectivity index (χ4v) is 3.06. The number of hydrogen-bond acceptors (Lipinski definition) is 4. The number of hydrogen-bond donors (Lipinski definition) is 0. The van der Waals surface area contributed by atoms with Crippen LogP contribution in [0.1, 0.15) is 24.8 Å². The topological polar surface area (TPSA) is 49.6 Å². The summed E-state index contributed by atoms with van der Waals surface area (Å²) in [5.74, 6) is 1.65. The second kappa shape index (κ2) is 7.62. The van der Waals surface area contributed by atoms with Gasteiger partial charge in [0.1, 0.15) is 5.76 Å². The molecule has 24 heavy (non-hydrogen) atoms. The molecule has 1 aliphatic heterocycles. The van der Waals surface area contributed by atoms with Gasteiger partial charge in [0, 0.05) is 44.6 Å². The molecule has 1 saturated heterocycles. The van der Waals surface area contributed by atoms with Crippen molar-refractivity contribution in [2.75, 3.05) is 32.7 Å². The van der Waals surface area contributed by atoms with Crippen LogP contribution in [0.25, 0.3) is 11.5 Å². The van der Waals surface area contributed by atoms with E-state index in [-0.39, 0.29) is 5.91 Å². The van der Waals surface area contributed by atoms with Gasteiger partial charge in [0.2, 0.25) is 11.8 Å². The first kappa shape index (κ1) is 16.7. The Hall–Kier alpha value is -2.14. The van der Waals surface area contributed by atoms with Crippen molar-refractivity contribution in [3.8, 4) is 11.5 Å². The van der Waals surface area contributed by atoms with E-state index in [4.69, 9.17) is 4.42 Å². The zero-order valence-electron chi connectivity index (χ0n) is 14.5. The number of aromatic nitrogens is 1. The second-order valence-electron chi connectivity index (χ2n) is 6.20. The van der Waals surface area contributed by atoms with Crippen LogP contribution in [0.4, 0.5) is 0 Å². The minimum atomic E-state index is 0.217. The number of carbonyl (C=O) groups is 1. The van der Waals surface area contributed by atoms with E-state index in [0.717, 1.165) is 49.7 Å². The number of carbonyl (C=O) groups excluding carboxylic acids is 1. The molecule has 0 unspecified atom stereocenters. The molecule has 2 heterocycles. The summed E-state index contributed by atoms with van der Waals surface area (Å²) in [6.07, 6.45) is 1.13. The van der Waals surface area contributed by atoms with Gasteiger partial charge in [0.15, 0.2) is 0 Å². The van der Waals surface area contributed by atoms with Crippen molar-refractivity contribution < 1.29 is 9.21 Å². The molecule has 1 aromatic carbocycles. The summed E-state index contributed by atoms with van der Waals surface area (Å²) >= 11 is 0. The van der Waals surface area contributed by atoms with Gasteiger partial charge in [-0.15, -0.1) is 0 Å². The van der Waals surface area contributed by atoms with Crippen LogP contribution < -0.4 is 0 Å². The highest BCUT2D eigenvalue weighted by atomic mass is 16.4. The Bertz CT molecular complexity index is 673. The molecule has 0 atom stereocenters. The molecule has 0 N–H and O–H groups in total. The number of likely N-dealkylation sites (N-methyl/N-ethyl adjacent to an activating group) is 1. The lowest BCUT2D eigenvalue weighted by Crippen LogP contribution is -2.48. The molecule has 1 fully saturated rings. The van der Waals surface area contributed by atoms with Crippen molar-refractivity contribution in [1.29, 1.82) is 0 Å². The summed E-state index contributed by atoms with van der Waals surface area (Å²) in [5.41, 5.74) is 1.85. The number of aryl methyl sites for hydroxylation is 2. The number of piperazine rings is 1. The predicted molar refractivity (Wildman–Crippen MR) is 93.7 cm³/mol. The Morgan fingerprint density at radius 2 is 1.88 bits per heavy atom. The van der Waals surface area contributed by atoms with Crippen LogP contribution in [0.3, 0.4) is 0 Å². The third kappa shape index (κ3) is 3.85. The largest absolute Gasteiger partial charge is 0.441 e. The molecule has 2 aromatic rings. The molecular formula is C19H25N3O2. The van der Waals surface area contributed by atoms with Crippen LogP contribution in [-0.4, -0.2) is 53.4 Å². The summed E-state index contributed by atoms with van der Waals surface area (Å²) in [5, 5.41) is 0. The molecule has 128 valence electrons. The van der Waals surface area contributed by atoms with Gasteiger partial charge in [0.05, 0.1) is 5.69 Å². The molecule has 3 rings (SSSR count). The number of rotatable bonds is 5. The van der Waals surface area contributed by atoms with Crippen molar-refractivity contribution in [3.05, 3.63) is 41.8 Å². The van der Waals surface area contributed by atoms with Crippen LogP contribution in [0.2, 0.25) is 0 Å². The Balaban J connectivity index is 1.57. The lowest BCUT2D eigenvalue weighted by atomic mass is 10.2. The third-order valence-corrected chi connectivity index (χ3v) is 4.66. The highest BCUT2D eigenvalue weighted by Crippen LogP contribution is 2.22. The van der Waals surface area contributed by atoms with Gasteiger partial charge in [-0.25, -0.2) is 4.98 Å². The third-order valence-electron chi connectivity index (χ3n) is 4.66. The van der Waals surface area contributed by atoms with Crippen LogP contribution in [0.5, 0.6) is 0 Å². The van der Waals surface area contributed by atoms with Crippen molar-refractivity contribution in [2.24, 2.45) is 0 Å². The maximum absolute atomic E-state index is 12.4. The number of amides is 1. The van der Waals surface area contributed by atoms with E-state index in [9.17, 15) is 4.79 Å². The monoisotopic (exact) mass is 327 g/mol. The molecule has 0 spiro atoms. The van der Waals surface area contributed by atoms with Gasteiger partial charge >= 0.3 is 0 Å². The van der Waals surface area contributed by atoms with Gasteiger partial charge in [-0.05, 0) is 25.6 Å². The van der Waals surface area contributed by atoms with E-state index >= 15 is 0 Å². The normalized spacial score (nSPS) is 15.7. The molecule has 1 aromatic heterocycles. The van der Waals surface area contributed by atoms with E-state index in [2.05, 4.69) is 16.8 Å². The fraction of sp³-hybridized carbons (Fsp3) is 0.474. The number of nitrogens with zero attached hydrogens (tertiary/aromatic N) is 3. The van der Waals surface area contributed by atoms with Gasteiger partial charge in [0.25, 0.3) is 0 Å². The first-order valence-electron chi connectivity index (χ1n) is 8.69. The van der Waals surface area contributed by atoms with Crippen molar-refractivity contribution in [3.63, 3.8) is 0 Å². The summed E-state index contributed by atoms with van der Waals surface area (Å²) in [7, 11) is 0. The lowest BCUT2D eigenvalue weighted by molar-refractivity contribution is -0.132. The van der Waals surface area contributed by atoms with Crippen molar-refractivity contribution in [1.82, 2.24) is 14.8 Å². The number of oxazole rings is 1. The average Bonchev–Trinajstić information content (AvgIpc) is 3.01. The molecule has 0 aliphatic carbocycles. The Labute approximate surface area is 143 Å². The molecule has 1 aliphatic rings.